The van der Waals surface area contributed by atoms with Gasteiger partial charge in [0.05, 0.1) is 23.5 Å². The monoisotopic (exact) mass is 256 g/mol. The minimum absolute atomic E-state index is 0.113. The van der Waals surface area contributed by atoms with Gasteiger partial charge in [0, 0.05) is 12.1 Å². The fraction of sp³-hybridized carbons (Fsp3) is 0.917. The Morgan fingerprint density at radius 2 is 1.71 bits per heavy atom. The Morgan fingerprint density at radius 1 is 1.06 bits per heavy atom. The molecule has 17 heavy (non-hydrogen) atoms. The van der Waals surface area contributed by atoms with Crippen molar-refractivity contribution in [2.75, 3.05) is 11.5 Å². The van der Waals surface area contributed by atoms with E-state index < -0.39 is 9.84 Å². The summed E-state index contributed by atoms with van der Waals surface area (Å²) in [6.45, 7) is 0. The summed E-state index contributed by atoms with van der Waals surface area (Å²) in [7, 11) is -2.78. The number of hydrogen-bond acceptors (Lipinski definition) is 4. The molecule has 0 aromatic carbocycles. The highest BCUT2D eigenvalue weighted by atomic mass is 32.2. The molecule has 0 spiro atoms. The predicted molar refractivity (Wildman–Crippen MR) is 66.2 cm³/mol. The molecule has 0 bridgehead atoms. The molecule has 1 heterocycles. The van der Waals surface area contributed by atoms with E-state index in [-0.39, 0.29) is 18.0 Å². The van der Waals surface area contributed by atoms with Crippen molar-refractivity contribution in [1.29, 1.82) is 5.26 Å². The first-order valence-corrected chi connectivity index (χ1v) is 8.29. The van der Waals surface area contributed by atoms with Crippen molar-refractivity contribution < 1.29 is 8.42 Å². The number of nitrogens with zero attached hydrogens (tertiary/aromatic N) is 1. The third-order valence-electron chi connectivity index (χ3n) is 3.94. The molecule has 1 aliphatic heterocycles. The van der Waals surface area contributed by atoms with Gasteiger partial charge in [-0.1, -0.05) is 12.8 Å². The lowest BCUT2D eigenvalue weighted by molar-refractivity contribution is 0.277. The van der Waals surface area contributed by atoms with E-state index in [9.17, 15) is 8.42 Å². The van der Waals surface area contributed by atoms with Crippen LogP contribution in [0.1, 0.15) is 38.5 Å². The van der Waals surface area contributed by atoms with E-state index in [4.69, 9.17) is 5.26 Å². The van der Waals surface area contributed by atoms with Crippen molar-refractivity contribution in [3.63, 3.8) is 0 Å². The van der Waals surface area contributed by atoms with Gasteiger partial charge in [0.1, 0.15) is 9.84 Å². The van der Waals surface area contributed by atoms with Gasteiger partial charge in [0.2, 0.25) is 0 Å². The molecule has 1 aliphatic carbocycles. The third-order valence-corrected chi connectivity index (χ3v) is 5.65. The highest BCUT2D eigenvalue weighted by Gasteiger charge is 2.30. The normalized spacial score (nSPS) is 34.1. The number of nitrogens with one attached hydrogen (secondary N) is 1. The molecule has 0 amide bonds. The molecule has 5 heteroatoms. The van der Waals surface area contributed by atoms with Crippen LogP contribution in [0.4, 0.5) is 0 Å². The molecule has 1 saturated carbocycles. The van der Waals surface area contributed by atoms with Gasteiger partial charge in [0.15, 0.2) is 0 Å². The zero-order valence-corrected chi connectivity index (χ0v) is 10.9. The smallest absolute Gasteiger partial charge is 0.150 e. The quantitative estimate of drug-likeness (QED) is 0.807. The second-order valence-corrected chi connectivity index (χ2v) is 7.52. The lowest BCUT2D eigenvalue weighted by Gasteiger charge is -2.33. The first-order valence-electron chi connectivity index (χ1n) is 6.47. The van der Waals surface area contributed by atoms with Crippen molar-refractivity contribution in [2.45, 2.75) is 50.6 Å². The van der Waals surface area contributed by atoms with Crippen LogP contribution < -0.4 is 5.32 Å². The van der Waals surface area contributed by atoms with Crippen LogP contribution in [0, 0.1) is 17.2 Å². The van der Waals surface area contributed by atoms with Gasteiger partial charge in [-0.15, -0.1) is 0 Å². The SMILES string of the molecule is N#CC1CCCCC1NC1CCS(=O)(=O)CC1. The standard InChI is InChI=1S/C12H20N2O2S/c13-9-10-3-1-2-4-12(10)14-11-5-7-17(15,16)8-6-11/h10-12,14H,1-8H2. The molecule has 4 nitrogen and oxygen atoms in total. The van der Waals surface area contributed by atoms with Gasteiger partial charge in [-0.2, -0.15) is 5.26 Å². The first kappa shape index (κ1) is 12.8. The molecule has 1 N–H and O–H groups in total. The Morgan fingerprint density at radius 3 is 2.35 bits per heavy atom. The zero-order valence-electron chi connectivity index (χ0n) is 10.1. The molecule has 96 valence electrons. The van der Waals surface area contributed by atoms with Gasteiger partial charge >= 0.3 is 0 Å². The molecule has 2 rings (SSSR count). The molecule has 2 unspecified atom stereocenters. The summed E-state index contributed by atoms with van der Waals surface area (Å²) in [4.78, 5) is 0. The van der Waals surface area contributed by atoms with E-state index in [1.165, 1.54) is 6.42 Å². The van der Waals surface area contributed by atoms with Gasteiger partial charge < -0.3 is 5.32 Å². The lowest BCUT2D eigenvalue weighted by atomic mass is 9.85. The summed E-state index contributed by atoms with van der Waals surface area (Å²) in [5.74, 6) is 0.714. The molecular formula is C12H20N2O2S. The molecule has 2 aliphatic rings. The average molecular weight is 256 g/mol. The zero-order chi connectivity index (χ0) is 12.3. The Hall–Kier alpha value is -0.600. The van der Waals surface area contributed by atoms with E-state index in [0.29, 0.717) is 24.3 Å². The highest BCUT2D eigenvalue weighted by Crippen LogP contribution is 2.25. The number of nitriles is 1. The summed E-state index contributed by atoms with van der Waals surface area (Å²) >= 11 is 0. The Balaban J connectivity index is 1.87. The van der Waals surface area contributed by atoms with Crippen LogP contribution in [0.5, 0.6) is 0 Å². The second-order valence-electron chi connectivity index (χ2n) is 5.22. The van der Waals surface area contributed by atoms with E-state index in [1.807, 2.05) is 0 Å². The lowest BCUT2D eigenvalue weighted by Crippen LogP contribution is -2.47. The van der Waals surface area contributed by atoms with Crippen molar-refractivity contribution in [3.05, 3.63) is 0 Å². The van der Waals surface area contributed by atoms with Crippen LogP contribution in [0.25, 0.3) is 0 Å². The van der Waals surface area contributed by atoms with Crippen LogP contribution in [-0.4, -0.2) is 32.0 Å². The van der Waals surface area contributed by atoms with Crippen LogP contribution in [0.15, 0.2) is 0 Å². The molecular weight excluding hydrogens is 236 g/mol. The third kappa shape index (κ3) is 3.43. The summed E-state index contributed by atoms with van der Waals surface area (Å²) in [6, 6.07) is 2.95. The molecule has 2 fully saturated rings. The maximum absolute atomic E-state index is 11.3. The number of hydrogen-bond donors (Lipinski definition) is 1. The maximum atomic E-state index is 11.3. The Bertz CT molecular complexity index is 385. The number of rotatable bonds is 2. The molecule has 0 aromatic rings. The van der Waals surface area contributed by atoms with Crippen LogP contribution in [0.3, 0.4) is 0 Å². The minimum atomic E-state index is -2.78. The summed E-state index contributed by atoms with van der Waals surface area (Å²) in [5, 5.41) is 12.6. The van der Waals surface area contributed by atoms with Crippen molar-refractivity contribution >= 4 is 9.84 Å². The van der Waals surface area contributed by atoms with Crippen molar-refractivity contribution in [2.24, 2.45) is 5.92 Å². The number of sulfone groups is 1. The van der Waals surface area contributed by atoms with E-state index >= 15 is 0 Å². The topological polar surface area (TPSA) is 70.0 Å². The Labute approximate surface area is 103 Å². The van der Waals surface area contributed by atoms with Crippen LogP contribution in [0.2, 0.25) is 0 Å². The predicted octanol–water partition coefficient (Wildman–Crippen LogP) is 1.24. The molecule has 0 aromatic heterocycles. The summed E-state index contributed by atoms with van der Waals surface area (Å²) < 4.78 is 22.7. The van der Waals surface area contributed by atoms with E-state index in [0.717, 1.165) is 19.3 Å². The summed E-state index contributed by atoms with van der Waals surface area (Å²) in [5.41, 5.74) is 0. The van der Waals surface area contributed by atoms with Crippen molar-refractivity contribution in [3.8, 4) is 6.07 Å². The van der Waals surface area contributed by atoms with Crippen LogP contribution >= 0.6 is 0 Å². The van der Waals surface area contributed by atoms with Crippen molar-refractivity contribution in [1.82, 2.24) is 5.32 Å². The molecule has 1 saturated heterocycles. The fourth-order valence-corrected chi connectivity index (χ4v) is 4.34. The van der Waals surface area contributed by atoms with Crippen LogP contribution in [-0.2, 0) is 9.84 Å². The molecule has 0 radical (unpaired) electrons. The first-order chi connectivity index (χ1) is 8.11. The fourth-order valence-electron chi connectivity index (χ4n) is 2.84. The highest BCUT2D eigenvalue weighted by molar-refractivity contribution is 7.91. The molecule has 2 atom stereocenters. The van der Waals surface area contributed by atoms with E-state index in [2.05, 4.69) is 11.4 Å². The summed E-state index contributed by atoms with van der Waals surface area (Å²) in [6.07, 6.45) is 5.78. The van der Waals surface area contributed by atoms with E-state index in [1.54, 1.807) is 0 Å². The maximum Gasteiger partial charge on any atom is 0.150 e. The Kier molecular flexibility index (Phi) is 4.05. The van der Waals surface area contributed by atoms with Gasteiger partial charge in [-0.05, 0) is 25.7 Å². The van der Waals surface area contributed by atoms with Gasteiger partial charge in [-0.25, -0.2) is 8.42 Å². The van der Waals surface area contributed by atoms with Gasteiger partial charge in [-0.3, -0.25) is 0 Å². The second kappa shape index (κ2) is 5.36. The largest absolute Gasteiger partial charge is 0.310 e. The van der Waals surface area contributed by atoms with Gasteiger partial charge in [0.25, 0.3) is 0 Å². The average Bonchev–Trinajstić information content (AvgIpc) is 2.32. The minimum Gasteiger partial charge on any atom is -0.310 e.